The van der Waals surface area contributed by atoms with Crippen LogP contribution in [0.1, 0.15) is 19.4 Å². The Morgan fingerprint density at radius 3 is 2.71 bits per heavy atom. The number of esters is 1. The summed E-state index contributed by atoms with van der Waals surface area (Å²) in [7, 11) is 0. The summed E-state index contributed by atoms with van der Waals surface area (Å²) in [4.78, 5) is 23.0. The molecular formula is C13H15FO3. The molecule has 1 aromatic carbocycles. The first-order valence-electron chi connectivity index (χ1n) is 5.48. The molecule has 1 aromatic rings. The molecule has 0 bridgehead atoms. The van der Waals surface area contributed by atoms with E-state index in [9.17, 15) is 14.0 Å². The molecule has 17 heavy (non-hydrogen) atoms. The molecule has 4 heteroatoms. The van der Waals surface area contributed by atoms with Crippen molar-refractivity contribution in [3.05, 3.63) is 35.6 Å². The number of ketones is 1. The van der Waals surface area contributed by atoms with Crippen LogP contribution >= 0.6 is 0 Å². The third-order valence-electron chi connectivity index (χ3n) is 2.39. The summed E-state index contributed by atoms with van der Waals surface area (Å²) in [5, 5.41) is 0. The van der Waals surface area contributed by atoms with E-state index < -0.39 is 11.9 Å². The zero-order valence-electron chi connectivity index (χ0n) is 9.90. The summed E-state index contributed by atoms with van der Waals surface area (Å²) in [6.07, 6.45) is 0.0394. The van der Waals surface area contributed by atoms with Crippen molar-refractivity contribution in [1.29, 1.82) is 0 Å². The molecule has 0 aliphatic carbocycles. The predicted octanol–water partition coefficient (Wildman–Crippen LogP) is 2.14. The largest absolute Gasteiger partial charge is 0.465 e. The van der Waals surface area contributed by atoms with Crippen molar-refractivity contribution in [2.45, 2.75) is 20.3 Å². The van der Waals surface area contributed by atoms with Gasteiger partial charge in [0.15, 0.2) is 5.78 Å². The number of rotatable bonds is 5. The highest BCUT2D eigenvalue weighted by Gasteiger charge is 2.22. The Balaban J connectivity index is 2.63. The van der Waals surface area contributed by atoms with E-state index in [1.807, 2.05) is 0 Å². The van der Waals surface area contributed by atoms with E-state index in [0.717, 1.165) is 0 Å². The molecule has 1 rings (SSSR count). The van der Waals surface area contributed by atoms with E-state index >= 15 is 0 Å². The number of Topliss-reactive ketones (excluding diaryl/α,β-unsaturated/α-hetero) is 1. The minimum absolute atomic E-state index is 0.0394. The van der Waals surface area contributed by atoms with Gasteiger partial charge in [0.05, 0.1) is 6.61 Å². The molecule has 3 nitrogen and oxygen atoms in total. The van der Waals surface area contributed by atoms with Crippen LogP contribution in [0.15, 0.2) is 24.3 Å². The highest BCUT2D eigenvalue weighted by atomic mass is 19.1. The maximum Gasteiger partial charge on any atom is 0.316 e. The van der Waals surface area contributed by atoms with Crippen molar-refractivity contribution < 1.29 is 18.7 Å². The average molecular weight is 238 g/mol. The third kappa shape index (κ3) is 3.98. The standard InChI is InChI=1S/C13H15FO3/c1-3-17-13(16)9(2)12(15)8-10-5-4-6-11(14)7-10/h4-7,9H,3,8H2,1-2H3/t9-/m0/s1. The molecule has 0 spiro atoms. The zero-order valence-corrected chi connectivity index (χ0v) is 9.90. The number of hydrogen-bond acceptors (Lipinski definition) is 3. The lowest BCUT2D eigenvalue weighted by Crippen LogP contribution is -2.24. The van der Waals surface area contributed by atoms with Crippen LogP contribution in [0, 0.1) is 11.7 Å². The monoisotopic (exact) mass is 238 g/mol. The zero-order chi connectivity index (χ0) is 12.8. The van der Waals surface area contributed by atoms with Gasteiger partial charge in [0.2, 0.25) is 0 Å². The molecule has 0 aromatic heterocycles. The second-order valence-electron chi connectivity index (χ2n) is 3.75. The molecule has 0 amide bonds. The van der Waals surface area contributed by atoms with Gasteiger partial charge in [0.1, 0.15) is 11.7 Å². The quantitative estimate of drug-likeness (QED) is 0.583. The molecule has 1 atom stereocenters. The summed E-state index contributed by atoms with van der Waals surface area (Å²) >= 11 is 0. The summed E-state index contributed by atoms with van der Waals surface area (Å²) < 4.78 is 17.6. The van der Waals surface area contributed by atoms with Gasteiger partial charge >= 0.3 is 5.97 Å². The Hall–Kier alpha value is -1.71. The SMILES string of the molecule is CCOC(=O)[C@@H](C)C(=O)Cc1cccc(F)c1. The van der Waals surface area contributed by atoms with Crippen molar-refractivity contribution in [2.24, 2.45) is 5.92 Å². The lowest BCUT2D eigenvalue weighted by atomic mass is 9.99. The number of hydrogen-bond donors (Lipinski definition) is 0. The highest BCUT2D eigenvalue weighted by Crippen LogP contribution is 2.09. The third-order valence-corrected chi connectivity index (χ3v) is 2.39. The van der Waals surface area contributed by atoms with Gasteiger partial charge in [0.25, 0.3) is 0 Å². The molecule has 0 N–H and O–H groups in total. The molecule has 0 fully saturated rings. The van der Waals surface area contributed by atoms with E-state index in [2.05, 4.69) is 0 Å². The van der Waals surface area contributed by atoms with Crippen LogP contribution < -0.4 is 0 Å². The fourth-order valence-corrected chi connectivity index (χ4v) is 1.40. The Morgan fingerprint density at radius 1 is 1.41 bits per heavy atom. The number of carbonyl (C=O) groups is 2. The van der Waals surface area contributed by atoms with Crippen molar-refractivity contribution in [3.63, 3.8) is 0 Å². The molecule has 0 heterocycles. The van der Waals surface area contributed by atoms with Crippen LogP contribution in [0.25, 0.3) is 0 Å². The van der Waals surface area contributed by atoms with Gasteiger partial charge in [-0.2, -0.15) is 0 Å². The first kappa shape index (κ1) is 13.4. The topological polar surface area (TPSA) is 43.4 Å². The summed E-state index contributed by atoms with van der Waals surface area (Å²) in [6.45, 7) is 3.43. The maximum atomic E-state index is 12.9. The summed E-state index contributed by atoms with van der Waals surface area (Å²) in [5.41, 5.74) is 0.561. The van der Waals surface area contributed by atoms with Crippen LogP contribution in [-0.4, -0.2) is 18.4 Å². The van der Waals surface area contributed by atoms with Crippen LogP contribution in [0.3, 0.4) is 0 Å². The Bertz CT molecular complexity index is 415. The van der Waals surface area contributed by atoms with E-state index in [-0.39, 0.29) is 24.6 Å². The van der Waals surface area contributed by atoms with Gasteiger partial charge in [-0.1, -0.05) is 12.1 Å². The van der Waals surface area contributed by atoms with Gasteiger partial charge in [0, 0.05) is 6.42 Å². The van der Waals surface area contributed by atoms with Crippen molar-refractivity contribution in [3.8, 4) is 0 Å². The van der Waals surface area contributed by atoms with Crippen LogP contribution in [-0.2, 0) is 20.7 Å². The predicted molar refractivity (Wildman–Crippen MR) is 60.9 cm³/mol. The fourth-order valence-electron chi connectivity index (χ4n) is 1.40. The number of halogens is 1. The Morgan fingerprint density at radius 2 is 2.12 bits per heavy atom. The fraction of sp³-hybridized carbons (Fsp3) is 0.385. The van der Waals surface area contributed by atoms with Crippen molar-refractivity contribution in [1.82, 2.24) is 0 Å². The lowest BCUT2D eigenvalue weighted by Gasteiger charge is -2.09. The first-order chi connectivity index (χ1) is 8.04. The highest BCUT2D eigenvalue weighted by molar-refractivity contribution is 5.99. The molecule has 0 radical (unpaired) electrons. The molecule has 92 valence electrons. The van der Waals surface area contributed by atoms with Gasteiger partial charge < -0.3 is 4.74 Å². The Kier molecular flexibility index (Phi) is 4.82. The maximum absolute atomic E-state index is 12.9. The van der Waals surface area contributed by atoms with Gasteiger partial charge in [-0.15, -0.1) is 0 Å². The van der Waals surface area contributed by atoms with Gasteiger partial charge in [-0.25, -0.2) is 4.39 Å². The molecule has 0 saturated carbocycles. The van der Waals surface area contributed by atoms with Gasteiger partial charge in [-0.05, 0) is 31.5 Å². The van der Waals surface area contributed by atoms with Crippen LogP contribution in [0.2, 0.25) is 0 Å². The molecular weight excluding hydrogens is 223 g/mol. The van der Waals surface area contributed by atoms with E-state index in [1.165, 1.54) is 25.1 Å². The second-order valence-corrected chi connectivity index (χ2v) is 3.75. The number of carbonyl (C=O) groups excluding carboxylic acids is 2. The van der Waals surface area contributed by atoms with Crippen molar-refractivity contribution >= 4 is 11.8 Å². The van der Waals surface area contributed by atoms with E-state index in [1.54, 1.807) is 13.0 Å². The molecule has 0 aliphatic heterocycles. The van der Waals surface area contributed by atoms with Crippen LogP contribution in [0.5, 0.6) is 0 Å². The average Bonchev–Trinajstić information content (AvgIpc) is 2.28. The summed E-state index contributed by atoms with van der Waals surface area (Å²) in [6, 6.07) is 5.78. The van der Waals surface area contributed by atoms with Crippen LogP contribution in [0.4, 0.5) is 4.39 Å². The first-order valence-corrected chi connectivity index (χ1v) is 5.48. The van der Waals surface area contributed by atoms with E-state index in [0.29, 0.717) is 5.56 Å². The molecule has 0 saturated heterocycles. The molecule has 0 unspecified atom stereocenters. The Labute approximate surface area is 99.6 Å². The number of benzene rings is 1. The second kappa shape index (κ2) is 6.13. The minimum atomic E-state index is -0.807. The normalized spacial score (nSPS) is 11.9. The smallest absolute Gasteiger partial charge is 0.316 e. The molecule has 0 aliphatic rings. The summed E-state index contributed by atoms with van der Waals surface area (Å²) in [5.74, 6) is -2.00. The van der Waals surface area contributed by atoms with Crippen molar-refractivity contribution in [2.75, 3.05) is 6.61 Å². The van der Waals surface area contributed by atoms with Gasteiger partial charge in [-0.3, -0.25) is 9.59 Å². The number of ether oxygens (including phenoxy) is 1. The minimum Gasteiger partial charge on any atom is -0.465 e. The van der Waals surface area contributed by atoms with E-state index in [4.69, 9.17) is 4.74 Å². The lowest BCUT2D eigenvalue weighted by molar-refractivity contribution is -0.150.